The summed E-state index contributed by atoms with van der Waals surface area (Å²) in [5.74, 6) is 0.0297. The highest BCUT2D eigenvalue weighted by molar-refractivity contribution is 7.90. The van der Waals surface area contributed by atoms with Crippen molar-refractivity contribution >= 4 is 20.0 Å². The van der Waals surface area contributed by atoms with Gasteiger partial charge in [0.25, 0.3) is 0 Å². The van der Waals surface area contributed by atoms with E-state index < -0.39 is 30.5 Å². The number of piperidine rings is 1. The van der Waals surface area contributed by atoms with Crippen molar-refractivity contribution in [1.82, 2.24) is 8.61 Å². The fourth-order valence-corrected chi connectivity index (χ4v) is 7.12. The monoisotopic (exact) mass is 372 g/mol. The maximum absolute atomic E-state index is 12.9. The minimum atomic E-state index is -3.45. The number of hydrogen-bond acceptors (Lipinski definition) is 4. The summed E-state index contributed by atoms with van der Waals surface area (Å²) in [6.07, 6.45) is 1.72. The van der Waals surface area contributed by atoms with Gasteiger partial charge in [0.1, 0.15) is 0 Å². The van der Waals surface area contributed by atoms with E-state index in [9.17, 15) is 16.8 Å². The van der Waals surface area contributed by atoms with Crippen molar-refractivity contribution in [2.24, 2.45) is 0 Å². The van der Waals surface area contributed by atoms with E-state index >= 15 is 0 Å². The number of rotatable bonds is 5. The van der Waals surface area contributed by atoms with Crippen molar-refractivity contribution in [3.05, 3.63) is 35.9 Å². The van der Waals surface area contributed by atoms with Gasteiger partial charge in [-0.1, -0.05) is 30.3 Å². The van der Waals surface area contributed by atoms with Gasteiger partial charge in [0.2, 0.25) is 20.0 Å². The molecule has 0 bridgehead atoms. The molecule has 1 aromatic rings. The zero-order valence-electron chi connectivity index (χ0n) is 14.0. The Labute approximate surface area is 144 Å². The topological polar surface area (TPSA) is 74.8 Å². The van der Waals surface area contributed by atoms with Gasteiger partial charge in [-0.3, -0.25) is 0 Å². The Morgan fingerprint density at radius 3 is 2.38 bits per heavy atom. The summed E-state index contributed by atoms with van der Waals surface area (Å²) in [6.45, 7) is 0.487. The van der Waals surface area contributed by atoms with Gasteiger partial charge in [-0.25, -0.2) is 25.4 Å². The normalized spacial score (nSPS) is 28.9. The molecular weight excluding hydrogens is 348 g/mol. The molecule has 2 aliphatic rings. The lowest BCUT2D eigenvalue weighted by Crippen LogP contribution is -2.49. The average Bonchev–Trinajstić information content (AvgIpc) is 3.37. The molecule has 1 unspecified atom stereocenters. The second-order valence-electron chi connectivity index (χ2n) is 6.79. The van der Waals surface area contributed by atoms with Gasteiger partial charge >= 0.3 is 0 Å². The number of sulfonamides is 2. The molecule has 0 aromatic heterocycles. The van der Waals surface area contributed by atoms with E-state index in [0.717, 1.165) is 5.56 Å². The van der Waals surface area contributed by atoms with E-state index in [2.05, 4.69) is 0 Å². The third kappa shape index (κ3) is 3.24. The Kier molecular flexibility index (Phi) is 4.76. The molecule has 1 heterocycles. The lowest BCUT2D eigenvalue weighted by molar-refractivity contribution is 0.339. The SMILES string of the molecule is CN(C)S(=O)(=O)C1CCCN(S(=O)(=O)[C@@H]2C[C@H]2c2ccccc2)C1. The Bertz CT molecular complexity index is 791. The molecule has 3 atom stereocenters. The van der Waals surface area contributed by atoms with Crippen LogP contribution in [-0.4, -0.2) is 63.1 Å². The molecule has 2 fully saturated rings. The standard InChI is InChI=1S/C16H24N2O4S2/c1-17(2)23(19,20)14-9-6-10-18(12-14)24(21,22)16-11-15(16)13-7-4-3-5-8-13/h3-5,7-8,14-16H,6,9-12H2,1-2H3/t14?,15-,16+/m0/s1. The maximum Gasteiger partial charge on any atom is 0.217 e. The van der Waals surface area contributed by atoms with E-state index in [0.29, 0.717) is 25.8 Å². The smallest absolute Gasteiger partial charge is 0.212 e. The molecule has 3 rings (SSSR count). The first-order valence-electron chi connectivity index (χ1n) is 8.20. The van der Waals surface area contributed by atoms with Crippen molar-refractivity contribution in [2.45, 2.75) is 35.7 Å². The highest BCUT2D eigenvalue weighted by Crippen LogP contribution is 2.47. The van der Waals surface area contributed by atoms with Gasteiger partial charge in [-0.05, 0) is 24.8 Å². The molecule has 0 spiro atoms. The minimum Gasteiger partial charge on any atom is -0.212 e. The van der Waals surface area contributed by atoms with Gasteiger partial charge in [-0.15, -0.1) is 0 Å². The first-order valence-corrected chi connectivity index (χ1v) is 11.2. The second kappa shape index (κ2) is 6.40. The van der Waals surface area contributed by atoms with E-state index in [4.69, 9.17) is 0 Å². The van der Waals surface area contributed by atoms with Crippen LogP contribution in [0.2, 0.25) is 0 Å². The highest BCUT2D eigenvalue weighted by atomic mass is 32.2. The molecule has 1 aliphatic heterocycles. The number of hydrogen-bond donors (Lipinski definition) is 0. The lowest BCUT2D eigenvalue weighted by atomic mass is 10.1. The molecule has 24 heavy (non-hydrogen) atoms. The van der Waals surface area contributed by atoms with Crippen molar-refractivity contribution < 1.29 is 16.8 Å². The largest absolute Gasteiger partial charge is 0.217 e. The Balaban J connectivity index is 1.74. The van der Waals surface area contributed by atoms with Gasteiger partial charge in [0.15, 0.2) is 0 Å². The van der Waals surface area contributed by atoms with Crippen LogP contribution >= 0.6 is 0 Å². The van der Waals surface area contributed by atoms with Crippen molar-refractivity contribution in [3.8, 4) is 0 Å². The fraction of sp³-hybridized carbons (Fsp3) is 0.625. The molecule has 134 valence electrons. The third-order valence-electron chi connectivity index (χ3n) is 4.97. The number of nitrogens with zero attached hydrogens (tertiary/aromatic N) is 2. The van der Waals surface area contributed by atoms with Crippen molar-refractivity contribution in [2.75, 3.05) is 27.2 Å². The van der Waals surface area contributed by atoms with Crippen LogP contribution in [0.4, 0.5) is 0 Å². The Morgan fingerprint density at radius 1 is 1.08 bits per heavy atom. The zero-order valence-corrected chi connectivity index (χ0v) is 15.6. The molecule has 1 aromatic carbocycles. The molecule has 0 radical (unpaired) electrons. The van der Waals surface area contributed by atoms with E-state index in [1.54, 1.807) is 0 Å². The van der Waals surface area contributed by atoms with E-state index in [1.807, 2.05) is 30.3 Å². The summed E-state index contributed by atoms with van der Waals surface area (Å²) < 4.78 is 53.0. The first-order chi connectivity index (χ1) is 11.2. The van der Waals surface area contributed by atoms with Gasteiger partial charge in [0.05, 0.1) is 10.5 Å². The average molecular weight is 373 g/mol. The molecule has 6 nitrogen and oxygen atoms in total. The molecular formula is C16H24N2O4S2. The molecule has 1 saturated carbocycles. The predicted molar refractivity (Wildman–Crippen MR) is 93.7 cm³/mol. The summed E-state index contributed by atoms with van der Waals surface area (Å²) in [4.78, 5) is 0. The summed E-state index contributed by atoms with van der Waals surface area (Å²) in [5.41, 5.74) is 1.04. The van der Waals surface area contributed by atoms with Crippen molar-refractivity contribution in [3.63, 3.8) is 0 Å². The summed E-state index contributed by atoms with van der Waals surface area (Å²) in [7, 11) is -3.90. The quantitative estimate of drug-likeness (QED) is 0.779. The van der Waals surface area contributed by atoms with E-state index in [-0.39, 0.29) is 12.5 Å². The van der Waals surface area contributed by atoms with Crippen LogP contribution in [0.25, 0.3) is 0 Å². The zero-order chi connectivity index (χ0) is 17.5. The molecule has 1 saturated heterocycles. The van der Waals surface area contributed by atoms with Gasteiger partial charge < -0.3 is 0 Å². The van der Waals surface area contributed by atoms with Gasteiger partial charge in [-0.2, -0.15) is 0 Å². The predicted octanol–water partition coefficient (Wildman–Crippen LogP) is 1.23. The van der Waals surface area contributed by atoms with Crippen LogP contribution in [0.15, 0.2) is 30.3 Å². The van der Waals surface area contributed by atoms with Crippen LogP contribution in [0, 0.1) is 0 Å². The Hall–Kier alpha value is -0.960. The minimum absolute atomic E-state index is 0.0297. The maximum atomic E-state index is 12.9. The van der Waals surface area contributed by atoms with Crippen LogP contribution in [0.1, 0.15) is 30.7 Å². The first kappa shape index (κ1) is 17.8. The second-order valence-corrected chi connectivity index (χ2v) is 11.4. The lowest BCUT2D eigenvalue weighted by Gasteiger charge is -2.33. The molecule has 0 amide bonds. The Morgan fingerprint density at radius 2 is 1.75 bits per heavy atom. The molecule has 8 heteroatoms. The highest BCUT2D eigenvalue weighted by Gasteiger charge is 2.51. The van der Waals surface area contributed by atoms with Crippen LogP contribution in [0.5, 0.6) is 0 Å². The fourth-order valence-electron chi connectivity index (χ4n) is 3.42. The third-order valence-corrected chi connectivity index (χ3v) is 9.56. The van der Waals surface area contributed by atoms with Crippen LogP contribution in [-0.2, 0) is 20.0 Å². The number of benzene rings is 1. The van der Waals surface area contributed by atoms with Gasteiger partial charge in [0, 0.05) is 33.1 Å². The van der Waals surface area contributed by atoms with Crippen LogP contribution in [0.3, 0.4) is 0 Å². The van der Waals surface area contributed by atoms with Crippen LogP contribution < -0.4 is 0 Å². The van der Waals surface area contributed by atoms with Crippen molar-refractivity contribution in [1.29, 1.82) is 0 Å². The van der Waals surface area contributed by atoms with E-state index in [1.165, 1.54) is 22.7 Å². The summed E-state index contributed by atoms with van der Waals surface area (Å²) >= 11 is 0. The summed E-state index contributed by atoms with van der Waals surface area (Å²) in [5, 5.41) is -1.06. The molecule has 1 aliphatic carbocycles. The summed E-state index contributed by atoms with van der Waals surface area (Å²) in [6, 6.07) is 9.65. The molecule has 0 N–H and O–H groups in total.